The SMILES string of the molecule is COc1ccc2c(c1)C(=O)C[C@@H](c1ccc(Cl)cc1)O2. The lowest BCUT2D eigenvalue weighted by molar-refractivity contribution is 0.0849. The largest absolute Gasteiger partial charge is 0.497 e. The smallest absolute Gasteiger partial charge is 0.170 e. The van der Waals surface area contributed by atoms with Gasteiger partial charge in [0.15, 0.2) is 5.78 Å². The number of Topliss-reactive ketones (excluding diaryl/α,β-unsaturated/α-hetero) is 1. The van der Waals surface area contributed by atoms with Crippen molar-refractivity contribution in [3.63, 3.8) is 0 Å². The van der Waals surface area contributed by atoms with Gasteiger partial charge in [-0.3, -0.25) is 4.79 Å². The highest BCUT2D eigenvalue weighted by molar-refractivity contribution is 6.30. The van der Waals surface area contributed by atoms with Crippen molar-refractivity contribution in [1.82, 2.24) is 0 Å². The first-order valence-electron chi connectivity index (χ1n) is 6.31. The van der Waals surface area contributed by atoms with Crippen molar-refractivity contribution in [2.45, 2.75) is 12.5 Å². The normalized spacial score (nSPS) is 17.3. The molecule has 1 aliphatic heterocycles. The number of hydrogen-bond acceptors (Lipinski definition) is 3. The van der Waals surface area contributed by atoms with Gasteiger partial charge in [-0.2, -0.15) is 0 Å². The molecule has 3 nitrogen and oxygen atoms in total. The Hall–Kier alpha value is -2.00. The molecule has 0 aromatic heterocycles. The number of hydrogen-bond donors (Lipinski definition) is 0. The standard InChI is InChI=1S/C16H13ClO3/c1-19-12-6-7-15-13(8-12)14(18)9-16(20-15)10-2-4-11(17)5-3-10/h2-8,16H,9H2,1H3/t16-/m0/s1. The second-order valence-electron chi connectivity index (χ2n) is 4.65. The number of halogens is 1. The van der Waals surface area contributed by atoms with Crippen LogP contribution < -0.4 is 9.47 Å². The molecule has 3 rings (SSSR count). The summed E-state index contributed by atoms with van der Waals surface area (Å²) in [7, 11) is 1.58. The first-order valence-corrected chi connectivity index (χ1v) is 6.68. The molecule has 0 aliphatic carbocycles. The molecule has 1 aliphatic rings. The molecule has 1 atom stereocenters. The molecule has 4 heteroatoms. The second kappa shape index (κ2) is 5.17. The minimum atomic E-state index is -0.263. The highest BCUT2D eigenvalue weighted by Crippen LogP contribution is 2.36. The van der Waals surface area contributed by atoms with E-state index >= 15 is 0 Å². The van der Waals surface area contributed by atoms with Gasteiger partial charge in [0, 0.05) is 5.02 Å². The molecule has 0 saturated heterocycles. The van der Waals surface area contributed by atoms with Crippen LogP contribution in [0.15, 0.2) is 42.5 Å². The van der Waals surface area contributed by atoms with Crippen LogP contribution >= 0.6 is 11.6 Å². The molecule has 0 unspecified atom stereocenters. The lowest BCUT2D eigenvalue weighted by atomic mass is 9.96. The van der Waals surface area contributed by atoms with Crippen molar-refractivity contribution < 1.29 is 14.3 Å². The average molecular weight is 289 g/mol. The van der Waals surface area contributed by atoms with Crippen molar-refractivity contribution in [3.8, 4) is 11.5 Å². The Kier molecular flexibility index (Phi) is 3.36. The summed E-state index contributed by atoms with van der Waals surface area (Å²) in [5.74, 6) is 1.32. The predicted octanol–water partition coefficient (Wildman–Crippen LogP) is 4.06. The fourth-order valence-electron chi connectivity index (χ4n) is 2.29. The number of rotatable bonds is 2. The lowest BCUT2D eigenvalue weighted by Crippen LogP contribution is -2.20. The fraction of sp³-hybridized carbons (Fsp3) is 0.188. The third kappa shape index (κ3) is 2.37. The summed E-state index contributed by atoms with van der Waals surface area (Å²) in [6.45, 7) is 0. The maximum Gasteiger partial charge on any atom is 0.170 e. The molecule has 0 spiro atoms. The van der Waals surface area contributed by atoms with Crippen LogP contribution in [0.2, 0.25) is 5.02 Å². The Morgan fingerprint density at radius 1 is 1.20 bits per heavy atom. The maximum absolute atomic E-state index is 12.2. The van der Waals surface area contributed by atoms with Crippen molar-refractivity contribution >= 4 is 17.4 Å². The number of carbonyl (C=O) groups excluding carboxylic acids is 1. The van der Waals surface area contributed by atoms with E-state index in [-0.39, 0.29) is 11.9 Å². The summed E-state index contributed by atoms with van der Waals surface area (Å²) >= 11 is 5.87. The summed E-state index contributed by atoms with van der Waals surface area (Å²) in [5.41, 5.74) is 1.53. The van der Waals surface area contributed by atoms with E-state index in [4.69, 9.17) is 21.1 Å². The number of fused-ring (bicyclic) bond motifs is 1. The number of methoxy groups -OCH3 is 1. The zero-order valence-corrected chi connectivity index (χ0v) is 11.7. The van der Waals surface area contributed by atoms with Gasteiger partial charge in [-0.15, -0.1) is 0 Å². The predicted molar refractivity (Wildman–Crippen MR) is 76.8 cm³/mol. The van der Waals surface area contributed by atoms with Gasteiger partial charge in [-0.1, -0.05) is 23.7 Å². The van der Waals surface area contributed by atoms with Gasteiger partial charge in [0.25, 0.3) is 0 Å². The highest BCUT2D eigenvalue weighted by atomic mass is 35.5. The topological polar surface area (TPSA) is 35.5 Å². The molecule has 0 saturated carbocycles. The molecule has 0 radical (unpaired) electrons. The molecule has 2 aromatic rings. The zero-order valence-electron chi connectivity index (χ0n) is 10.9. The third-order valence-corrected chi connectivity index (χ3v) is 3.62. The average Bonchev–Trinajstić information content (AvgIpc) is 2.47. The zero-order chi connectivity index (χ0) is 14.1. The van der Waals surface area contributed by atoms with Crippen LogP contribution in [0.5, 0.6) is 11.5 Å². The van der Waals surface area contributed by atoms with E-state index in [1.54, 1.807) is 37.4 Å². The van der Waals surface area contributed by atoms with E-state index in [0.717, 1.165) is 5.56 Å². The third-order valence-electron chi connectivity index (χ3n) is 3.37. The molecule has 0 bridgehead atoms. The van der Waals surface area contributed by atoms with Gasteiger partial charge in [0.2, 0.25) is 0 Å². The van der Waals surface area contributed by atoms with E-state index in [1.165, 1.54) is 0 Å². The quantitative estimate of drug-likeness (QED) is 0.836. The number of ether oxygens (including phenoxy) is 2. The van der Waals surface area contributed by atoms with Crippen molar-refractivity contribution in [3.05, 3.63) is 58.6 Å². The first-order chi connectivity index (χ1) is 9.67. The number of carbonyl (C=O) groups is 1. The second-order valence-corrected chi connectivity index (χ2v) is 5.08. The minimum Gasteiger partial charge on any atom is -0.497 e. The molecule has 102 valence electrons. The van der Waals surface area contributed by atoms with Crippen LogP contribution in [0, 0.1) is 0 Å². The summed E-state index contributed by atoms with van der Waals surface area (Å²) in [6, 6.07) is 12.6. The number of benzene rings is 2. The Labute approximate surface area is 122 Å². The van der Waals surface area contributed by atoms with Gasteiger partial charge in [-0.05, 0) is 35.9 Å². The summed E-state index contributed by atoms with van der Waals surface area (Å²) < 4.78 is 11.0. The van der Waals surface area contributed by atoms with Gasteiger partial charge < -0.3 is 9.47 Å². The highest BCUT2D eigenvalue weighted by Gasteiger charge is 2.27. The van der Waals surface area contributed by atoms with E-state index in [2.05, 4.69) is 0 Å². The molecular formula is C16H13ClO3. The van der Waals surface area contributed by atoms with Gasteiger partial charge in [-0.25, -0.2) is 0 Å². The van der Waals surface area contributed by atoms with Crippen molar-refractivity contribution in [1.29, 1.82) is 0 Å². The Bertz CT molecular complexity index is 649. The van der Waals surface area contributed by atoms with Gasteiger partial charge in [0.05, 0.1) is 19.1 Å². The molecule has 0 N–H and O–H groups in total. The summed E-state index contributed by atoms with van der Waals surface area (Å²) in [5, 5.41) is 0.668. The molecule has 1 heterocycles. The molecule has 20 heavy (non-hydrogen) atoms. The molecule has 0 fully saturated rings. The van der Waals surface area contributed by atoms with Crippen LogP contribution in [0.3, 0.4) is 0 Å². The fourth-order valence-corrected chi connectivity index (χ4v) is 2.42. The minimum absolute atomic E-state index is 0.0603. The Balaban J connectivity index is 1.92. The van der Waals surface area contributed by atoms with Crippen LogP contribution in [0.25, 0.3) is 0 Å². The molecular weight excluding hydrogens is 276 g/mol. The first kappa shape index (κ1) is 13.0. The van der Waals surface area contributed by atoms with Crippen LogP contribution in [0.4, 0.5) is 0 Å². The maximum atomic E-state index is 12.2. The van der Waals surface area contributed by atoms with E-state index in [1.807, 2.05) is 12.1 Å². The Morgan fingerprint density at radius 3 is 2.65 bits per heavy atom. The summed E-state index contributed by atoms with van der Waals surface area (Å²) in [4.78, 5) is 12.2. The molecule has 0 amide bonds. The van der Waals surface area contributed by atoms with Gasteiger partial charge >= 0.3 is 0 Å². The van der Waals surface area contributed by atoms with E-state index in [0.29, 0.717) is 28.5 Å². The van der Waals surface area contributed by atoms with E-state index < -0.39 is 0 Å². The van der Waals surface area contributed by atoms with E-state index in [9.17, 15) is 4.79 Å². The van der Waals surface area contributed by atoms with Crippen LogP contribution in [-0.4, -0.2) is 12.9 Å². The van der Waals surface area contributed by atoms with Crippen molar-refractivity contribution in [2.75, 3.05) is 7.11 Å². The Morgan fingerprint density at radius 2 is 1.95 bits per heavy atom. The van der Waals surface area contributed by atoms with Crippen LogP contribution in [-0.2, 0) is 0 Å². The molecule has 2 aromatic carbocycles. The van der Waals surface area contributed by atoms with Crippen LogP contribution in [0.1, 0.15) is 28.4 Å². The monoisotopic (exact) mass is 288 g/mol. The summed E-state index contributed by atoms with van der Waals surface area (Å²) in [6.07, 6.45) is 0.0580. The number of ketones is 1. The lowest BCUT2D eigenvalue weighted by Gasteiger charge is -2.25. The van der Waals surface area contributed by atoms with Crippen molar-refractivity contribution in [2.24, 2.45) is 0 Å². The van der Waals surface area contributed by atoms with Gasteiger partial charge in [0.1, 0.15) is 17.6 Å².